The second kappa shape index (κ2) is 6.66. The van der Waals surface area contributed by atoms with E-state index in [4.69, 9.17) is 0 Å². The van der Waals surface area contributed by atoms with E-state index in [-0.39, 0.29) is 0 Å². The van der Waals surface area contributed by atoms with Crippen molar-refractivity contribution in [2.75, 3.05) is 18.1 Å². The van der Waals surface area contributed by atoms with Crippen molar-refractivity contribution in [2.24, 2.45) is 4.99 Å². The van der Waals surface area contributed by atoms with Crippen LogP contribution in [0.1, 0.15) is 12.6 Å². The van der Waals surface area contributed by atoms with Crippen LogP contribution in [-0.4, -0.2) is 29.2 Å². The fourth-order valence-corrected chi connectivity index (χ4v) is 1.40. The van der Waals surface area contributed by atoms with Crippen LogP contribution >= 0.6 is 11.8 Å². The molecule has 0 aliphatic rings. The molecule has 70 valence electrons. The highest BCUT2D eigenvalue weighted by atomic mass is 32.2. The third kappa shape index (κ3) is 4.68. The number of hydrogen-bond acceptors (Lipinski definition) is 3. The Kier molecular flexibility index (Phi) is 5.25. The molecule has 0 amide bonds. The summed E-state index contributed by atoms with van der Waals surface area (Å²) in [6.07, 6.45) is 3.61. The molecule has 0 saturated heterocycles. The molecule has 13 heavy (non-hydrogen) atoms. The molecule has 1 aromatic heterocycles. The van der Waals surface area contributed by atoms with Crippen LogP contribution in [0.3, 0.4) is 0 Å². The van der Waals surface area contributed by atoms with Crippen LogP contribution in [0.25, 0.3) is 0 Å². The van der Waals surface area contributed by atoms with Crippen LogP contribution in [0.15, 0.2) is 29.4 Å². The van der Waals surface area contributed by atoms with Crippen molar-refractivity contribution in [3.8, 4) is 0 Å². The van der Waals surface area contributed by atoms with Gasteiger partial charge in [0, 0.05) is 24.7 Å². The molecule has 1 rings (SSSR count). The molecule has 0 fully saturated rings. The van der Waals surface area contributed by atoms with E-state index in [1.165, 1.54) is 5.75 Å². The quantitative estimate of drug-likeness (QED) is 0.530. The first-order chi connectivity index (χ1) is 6.43. The molecule has 0 aliphatic heterocycles. The normalized spacial score (nSPS) is 10.8. The lowest BCUT2D eigenvalue weighted by atomic mass is 10.4. The van der Waals surface area contributed by atoms with Gasteiger partial charge in [-0.25, -0.2) is 0 Å². The summed E-state index contributed by atoms with van der Waals surface area (Å²) < 4.78 is 0. The van der Waals surface area contributed by atoms with Crippen LogP contribution in [0.2, 0.25) is 0 Å². The minimum absolute atomic E-state index is 0.884. The largest absolute Gasteiger partial charge is 0.290 e. The van der Waals surface area contributed by atoms with E-state index < -0.39 is 0 Å². The smallest absolute Gasteiger partial charge is 0.0807 e. The maximum absolute atomic E-state index is 4.27. The third-order valence-electron chi connectivity index (χ3n) is 1.48. The van der Waals surface area contributed by atoms with Gasteiger partial charge in [-0.3, -0.25) is 9.98 Å². The molecule has 0 atom stereocenters. The van der Waals surface area contributed by atoms with E-state index in [9.17, 15) is 0 Å². The Labute approximate surface area is 83.5 Å². The Morgan fingerprint density at radius 3 is 3.15 bits per heavy atom. The monoisotopic (exact) mass is 194 g/mol. The minimum Gasteiger partial charge on any atom is -0.290 e. The summed E-state index contributed by atoms with van der Waals surface area (Å²) in [5.74, 6) is 2.26. The van der Waals surface area contributed by atoms with Crippen LogP contribution in [0.5, 0.6) is 0 Å². The van der Waals surface area contributed by atoms with Crippen molar-refractivity contribution < 1.29 is 0 Å². The molecule has 1 heterocycles. The molecule has 0 radical (unpaired) electrons. The van der Waals surface area contributed by atoms with Gasteiger partial charge in [0.25, 0.3) is 0 Å². The highest BCUT2D eigenvalue weighted by molar-refractivity contribution is 7.99. The topological polar surface area (TPSA) is 25.2 Å². The van der Waals surface area contributed by atoms with Gasteiger partial charge < -0.3 is 0 Å². The lowest BCUT2D eigenvalue weighted by molar-refractivity contribution is 1.15. The molecule has 0 unspecified atom stereocenters. The SMILES string of the molecule is CCSCCN=Cc1ccccn1. The molecule has 0 saturated carbocycles. The average Bonchev–Trinajstić information content (AvgIpc) is 2.19. The second-order valence-electron chi connectivity index (χ2n) is 2.49. The van der Waals surface area contributed by atoms with Gasteiger partial charge in [0.05, 0.1) is 5.69 Å². The van der Waals surface area contributed by atoms with Gasteiger partial charge in [0.15, 0.2) is 0 Å². The molecule has 0 spiro atoms. The number of hydrogen-bond donors (Lipinski definition) is 0. The fraction of sp³-hybridized carbons (Fsp3) is 0.400. The Morgan fingerprint density at radius 2 is 2.46 bits per heavy atom. The molecular formula is C10H14N2S. The second-order valence-corrected chi connectivity index (χ2v) is 3.88. The maximum Gasteiger partial charge on any atom is 0.0807 e. The zero-order valence-electron chi connectivity index (χ0n) is 7.81. The summed E-state index contributed by atoms with van der Waals surface area (Å²) in [6, 6.07) is 5.83. The molecule has 0 N–H and O–H groups in total. The fourth-order valence-electron chi connectivity index (χ4n) is 0.872. The first kappa shape index (κ1) is 10.3. The highest BCUT2D eigenvalue weighted by Gasteiger charge is 1.85. The summed E-state index contributed by atoms with van der Waals surface area (Å²) in [7, 11) is 0. The van der Waals surface area contributed by atoms with Crippen LogP contribution < -0.4 is 0 Å². The number of aromatic nitrogens is 1. The molecule has 0 bridgehead atoms. The minimum atomic E-state index is 0.884. The van der Waals surface area contributed by atoms with Crippen LogP contribution in [-0.2, 0) is 0 Å². The van der Waals surface area contributed by atoms with Crippen LogP contribution in [0.4, 0.5) is 0 Å². The van der Waals surface area contributed by atoms with Crippen molar-refractivity contribution in [1.82, 2.24) is 4.98 Å². The van der Waals surface area contributed by atoms with Gasteiger partial charge in [-0.15, -0.1) is 0 Å². The number of rotatable bonds is 5. The molecule has 3 heteroatoms. The van der Waals surface area contributed by atoms with Crippen molar-refractivity contribution in [3.05, 3.63) is 30.1 Å². The van der Waals surface area contributed by atoms with Gasteiger partial charge >= 0.3 is 0 Å². The van der Waals surface area contributed by atoms with Crippen molar-refractivity contribution in [3.63, 3.8) is 0 Å². The maximum atomic E-state index is 4.27. The zero-order valence-corrected chi connectivity index (χ0v) is 8.63. The van der Waals surface area contributed by atoms with E-state index in [0.717, 1.165) is 18.0 Å². The predicted octanol–water partition coefficient (Wildman–Crippen LogP) is 2.25. The summed E-state index contributed by atoms with van der Waals surface area (Å²) in [5.41, 5.74) is 0.934. The summed E-state index contributed by atoms with van der Waals surface area (Å²) >= 11 is 1.91. The number of nitrogens with zero attached hydrogens (tertiary/aromatic N) is 2. The van der Waals surface area contributed by atoms with Crippen LogP contribution in [0, 0.1) is 0 Å². The standard InChI is InChI=1S/C10H14N2S/c1-2-13-8-7-11-9-10-5-3-4-6-12-10/h3-6,9H,2,7-8H2,1H3. The Morgan fingerprint density at radius 1 is 1.54 bits per heavy atom. The van der Waals surface area contributed by atoms with E-state index in [1.807, 2.05) is 36.2 Å². The highest BCUT2D eigenvalue weighted by Crippen LogP contribution is 1.97. The van der Waals surface area contributed by atoms with Crippen molar-refractivity contribution >= 4 is 18.0 Å². The van der Waals surface area contributed by atoms with Gasteiger partial charge in [0.2, 0.25) is 0 Å². The molecule has 0 aromatic carbocycles. The Bertz CT molecular complexity index is 246. The van der Waals surface area contributed by atoms with E-state index >= 15 is 0 Å². The van der Waals surface area contributed by atoms with Gasteiger partial charge in [-0.1, -0.05) is 13.0 Å². The van der Waals surface area contributed by atoms with Crippen molar-refractivity contribution in [1.29, 1.82) is 0 Å². The number of aliphatic imine (C=N–C) groups is 1. The van der Waals surface area contributed by atoms with Gasteiger partial charge in [-0.05, 0) is 17.9 Å². The molecule has 0 aliphatic carbocycles. The first-order valence-corrected chi connectivity index (χ1v) is 5.57. The summed E-state index contributed by atoms with van der Waals surface area (Å²) in [4.78, 5) is 8.41. The predicted molar refractivity (Wildman–Crippen MR) is 59.7 cm³/mol. The van der Waals surface area contributed by atoms with Gasteiger partial charge in [0.1, 0.15) is 0 Å². The van der Waals surface area contributed by atoms with E-state index in [1.54, 1.807) is 6.20 Å². The summed E-state index contributed by atoms with van der Waals surface area (Å²) in [5, 5.41) is 0. The molecule has 2 nitrogen and oxygen atoms in total. The van der Waals surface area contributed by atoms with Crippen molar-refractivity contribution in [2.45, 2.75) is 6.92 Å². The summed E-state index contributed by atoms with van der Waals surface area (Å²) in [6.45, 7) is 3.04. The Hall–Kier alpha value is -0.830. The number of pyridine rings is 1. The lowest BCUT2D eigenvalue weighted by Gasteiger charge is -1.92. The lowest BCUT2D eigenvalue weighted by Crippen LogP contribution is -1.89. The van der Waals surface area contributed by atoms with E-state index in [2.05, 4.69) is 16.9 Å². The zero-order chi connectivity index (χ0) is 9.36. The molecule has 1 aromatic rings. The number of thioether (sulfide) groups is 1. The van der Waals surface area contributed by atoms with Gasteiger partial charge in [-0.2, -0.15) is 11.8 Å². The Balaban J connectivity index is 2.25. The molecular weight excluding hydrogens is 180 g/mol. The third-order valence-corrected chi connectivity index (χ3v) is 2.36. The van der Waals surface area contributed by atoms with E-state index in [0.29, 0.717) is 0 Å². The first-order valence-electron chi connectivity index (χ1n) is 4.42. The average molecular weight is 194 g/mol.